The Morgan fingerprint density at radius 3 is 2.50 bits per heavy atom. The van der Waals surface area contributed by atoms with E-state index in [1.54, 1.807) is 36.9 Å². The van der Waals surface area contributed by atoms with Crippen molar-refractivity contribution in [3.8, 4) is 0 Å². The van der Waals surface area contributed by atoms with E-state index in [1.807, 2.05) is 13.8 Å². The molecule has 26 heavy (non-hydrogen) atoms. The maximum absolute atomic E-state index is 12.2. The lowest BCUT2D eigenvalue weighted by Gasteiger charge is -2.08. The van der Waals surface area contributed by atoms with Crippen LogP contribution in [0.1, 0.15) is 45.1 Å². The molecule has 0 spiro atoms. The van der Waals surface area contributed by atoms with Gasteiger partial charge < -0.3 is 19.4 Å². The Balaban J connectivity index is 2.07. The average Bonchev–Trinajstić information content (AvgIpc) is 3.16. The number of amides is 1. The number of thiophene rings is 1. The Morgan fingerprint density at radius 1 is 1.19 bits per heavy atom. The van der Waals surface area contributed by atoms with Gasteiger partial charge in [0.1, 0.15) is 10.7 Å². The van der Waals surface area contributed by atoms with E-state index in [1.165, 1.54) is 11.3 Å². The molecule has 0 saturated heterocycles. The van der Waals surface area contributed by atoms with E-state index in [0.29, 0.717) is 16.3 Å². The molecule has 0 aliphatic rings. The van der Waals surface area contributed by atoms with E-state index in [-0.39, 0.29) is 6.61 Å². The first-order valence-corrected chi connectivity index (χ1v) is 9.08. The number of esters is 2. The minimum Gasteiger partial charge on any atom is -0.462 e. The van der Waals surface area contributed by atoms with Crippen molar-refractivity contribution in [2.45, 2.75) is 27.2 Å². The van der Waals surface area contributed by atoms with E-state index >= 15 is 0 Å². The Kier molecular flexibility index (Phi) is 6.57. The van der Waals surface area contributed by atoms with Crippen molar-refractivity contribution in [1.82, 2.24) is 4.57 Å². The number of carbonyl (C=O) groups is 3. The van der Waals surface area contributed by atoms with Crippen LogP contribution in [0.3, 0.4) is 0 Å². The van der Waals surface area contributed by atoms with E-state index in [9.17, 15) is 14.4 Å². The molecule has 0 unspecified atom stereocenters. The number of aromatic nitrogens is 1. The fourth-order valence-corrected chi connectivity index (χ4v) is 3.63. The highest BCUT2D eigenvalue weighted by atomic mass is 32.1. The number of hydrogen-bond donors (Lipinski definition) is 1. The number of carbonyl (C=O) groups excluding carboxylic acids is 3. The van der Waals surface area contributed by atoms with Crippen molar-refractivity contribution in [3.63, 3.8) is 0 Å². The molecule has 0 atom stereocenters. The van der Waals surface area contributed by atoms with Gasteiger partial charge >= 0.3 is 11.9 Å². The van der Waals surface area contributed by atoms with E-state index in [4.69, 9.17) is 9.47 Å². The largest absolute Gasteiger partial charge is 0.462 e. The first-order chi connectivity index (χ1) is 12.4. The monoisotopic (exact) mass is 378 g/mol. The smallest absolute Gasteiger partial charge is 0.355 e. The predicted molar refractivity (Wildman–Crippen MR) is 98.7 cm³/mol. The summed E-state index contributed by atoms with van der Waals surface area (Å²) in [6, 6.07) is 3.32. The summed E-state index contributed by atoms with van der Waals surface area (Å²) in [7, 11) is 1.71. The Hall–Kier alpha value is -2.61. The van der Waals surface area contributed by atoms with Crippen LogP contribution in [0.5, 0.6) is 0 Å². The van der Waals surface area contributed by atoms with Crippen molar-refractivity contribution in [1.29, 1.82) is 0 Å². The minimum absolute atomic E-state index is 0.247. The number of anilines is 1. The molecular weight excluding hydrogens is 356 g/mol. The van der Waals surface area contributed by atoms with Gasteiger partial charge in [-0.05, 0) is 38.0 Å². The highest BCUT2D eigenvalue weighted by Gasteiger charge is 2.23. The second-order valence-electron chi connectivity index (χ2n) is 5.56. The van der Waals surface area contributed by atoms with Crippen LogP contribution in [0.4, 0.5) is 5.00 Å². The SMILES string of the molecule is CCOC(=O)c1c(NC(=O)COC(=O)c2cccn2C)sc(CC)c1C. The van der Waals surface area contributed by atoms with Gasteiger partial charge in [-0.1, -0.05) is 6.92 Å². The lowest BCUT2D eigenvalue weighted by Crippen LogP contribution is -2.22. The minimum atomic E-state index is -0.588. The molecule has 1 N–H and O–H groups in total. The summed E-state index contributed by atoms with van der Waals surface area (Å²) in [6.45, 7) is 5.33. The first-order valence-electron chi connectivity index (χ1n) is 8.26. The predicted octanol–water partition coefficient (Wildman–Crippen LogP) is 2.93. The van der Waals surface area contributed by atoms with Gasteiger partial charge in [-0.2, -0.15) is 0 Å². The molecule has 0 aromatic carbocycles. The second-order valence-corrected chi connectivity index (χ2v) is 6.66. The van der Waals surface area contributed by atoms with Gasteiger partial charge in [-0.25, -0.2) is 9.59 Å². The van der Waals surface area contributed by atoms with Crippen molar-refractivity contribution in [2.24, 2.45) is 7.05 Å². The van der Waals surface area contributed by atoms with E-state index < -0.39 is 24.5 Å². The van der Waals surface area contributed by atoms with Crippen LogP contribution >= 0.6 is 11.3 Å². The number of ether oxygens (including phenoxy) is 2. The molecule has 7 nitrogen and oxygen atoms in total. The van der Waals surface area contributed by atoms with Crippen molar-refractivity contribution >= 4 is 34.2 Å². The summed E-state index contributed by atoms with van der Waals surface area (Å²) in [5.74, 6) is -1.58. The van der Waals surface area contributed by atoms with Crippen LogP contribution in [0.25, 0.3) is 0 Å². The van der Waals surface area contributed by atoms with Crippen molar-refractivity contribution in [2.75, 3.05) is 18.5 Å². The second kappa shape index (κ2) is 8.66. The molecule has 2 rings (SSSR count). The Morgan fingerprint density at radius 2 is 1.92 bits per heavy atom. The molecular formula is C18H22N2O5S. The van der Waals surface area contributed by atoms with Gasteiger partial charge in [0.15, 0.2) is 6.61 Å². The molecule has 0 radical (unpaired) electrons. The molecule has 8 heteroatoms. The lowest BCUT2D eigenvalue weighted by molar-refractivity contribution is -0.119. The summed E-state index contributed by atoms with van der Waals surface area (Å²) < 4.78 is 11.7. The van der Waals surface area contributed by atoms with Crippen LogP contribution in [0, 0.1) is 6.92 Å². The third kappa shape index (κ3) is 4.32. The van der Waals surface area contributed by atoms with Gasteiger partial charge in [-0.3, -0.25) is 4.79 Å². The van der Waals surface area contributed by atoms with Crippen LogP contribution in [0.2, 0.25) is 0 Å². The van der Waals surface area contributed by atoms with Gasteiger partial charge in [0.2, 0.25) is 0 Å². The molecule has 140 valence electrons. The van der Waals surface area contributed by atoms with Crippen LogP contribution in [-0.4, -0.2) is 35.6 Å². The zero-order valence-corrected chi connectivity index (χ0v) is 16.1. The Labute approximate surface area is 155 Å². The normalized spacial score (nSPS) is 10.5. The highest BCUT2D eigenvalue weighted by molar-refractivity contribution is 7.17. The van der Waals surface area contributed by atoms with Crippen LogP contribution < -0.4 is 5.32 Å². The standard InChI is InChI=1S/C18H22N2O5S/c1-5-13-11(3)15(18(23)24-6-2)16(26-13)19-14(21)10-25-17(22)12-8-7-9-20(12)4/h7-9H,5-6,10H2,1-4H3,(H,19,21). The molecule has 1 amide bonds. The fraction of sp³-hybridized carbons (Fsp3) is 0.389. The summed E-state index contributed by atoms with van der Waals surface area (Å²) in [5, 5.41) is 3.07. The molecule has 0 fully saturated rings. The molecule has 0 aliphatic carbocycles. The third-order valence-electron chi connectivity index (χ3n) is 3.79. The maximum atomic E-state index is 12.2. The molecule has 2 aromatic rings. The summed E-state index contributed by atoms with van der Waals surface area (Å²) >= 11 is 1.33. The van der Waals surface area contributed by atoms with Gasteiger partial charge in [-0.15, -0.1) is 11.3 Å². The first kappa shape index (κ1) is 19.7. The number of aryl methyl sites for hydroxylation is 2. The summed E-state index contributed by atoms with van der Waals surface area (Å²) in [5.41, 5.74) is 1.51. The lowest BCUT2D eigenvalue weighted by atomic mass is 10.1. The number of nitrogens with zero attached hydrogens (tertiary/aromatic N) is 1. The average molecular weight is 378 g/mol. The highest BCUT2D eigenvalue weighted by Crippen LogP contribution is 2.34. The molecule has 0 bridgehead atoms. The summed E-state index contributed by atoms with van der Waals surface area (Å²) in [6.07, 6.45) is 2.45. The molecule has 0 aliphatic heterocycles. The fourth-order valence-electron chi connectivity index (χ4n) is 2.48. The number of nitrogens with one attached hydrogen (secondary N) is 1. The van der Waals surface area contributed by atoms with Gasteiger partial charge in [0, 0.05) is 18.1 Å². The molecule has 2 heterocycles. The van der Waals surface area contributed by atoms with Crippen molar-refractivity contribution < 1.29 is 23.9 Å². The Bertz CT molecular complexity index is 822. The topological polar surface area (TPSA) is 86.6 Å². The van der Waals surface area contributed by atoms with Crippen molar-refractivity contribution in [3.05, 3.63) is 40.0 Å². The number of hydrogen-bond acceptors (Lipinski definition) is 6. The molecule has 0 saturated carbocycles. The quantitative estimate of drug-likeness (QED) is 0.749. The number of rotatable bonds is 7. The zero-order valence-electron chi connectivity index (χ0n) is 15.3. The van der Waals surface area contributed by atoms with Gasteiger partial charge in [0.05, 0.1) is 12.2 Å². The zero-order chi connectivity index (χ0) is 19.3. The van der Waals surface area contributed by atoms with Crippen LogP contribution in [0.15, 0.2) is 18.3 Å². The van der Waals surface area contributed by atoms with E-state index in [2.05, 4.69) is 5.32 Å². The third-order valence-corrected chi connectivity index (χ3v) is 5.14. The van der Waals surface area contributed by atoms with Crippen LogP contribution in [-0.2, 0) is 27.7 Å². The van der Waals surface area contributed by atoms with E-state index in [0.717, 1.165) is 16.9 Å². The van der Waals surface area contributed by atoms with Gasteiger partial charge in [0.25, 0.3) is 5.91 Å². The summed E-state index contributed by atoms with van der Waals surface area (Å²) in [4.78, 5) is 37.3. The molecule has 2 aromatic heterocycles. The maximum Gasteiger partial charge on any atom is 0.355 e.